The lowest BCUT2D eigenvalue weighted by Gasteiger charge is -2.09. The molecule has 28 heavy (non-hydrogen) atoms. The molecule has 1 nitrogen and oxygen atoms in total. The van der Waals surface area contributed by atoms with Gasteiger partial charge >= 0.3 is 0 Å². The molecule has 6 aromatic rings. The van der Waals surface area contributed by atoms with Gasteiger partial charge in [-0.2, -0.15) is 0 Å². The predicted molar refractivity (Wildman–Crippen MR) is 123 cm³/mol. The maximum atomic E-state index is 2.36. The van der Waals surface area contributed by atoms with Crippen LogP contribution in [0.1, 0.15) is 4.88 Å². The van der Waals surface area contributed by atoms with Crippen molar-refractivity contribution in [2.24, 2.45) is 7.05 Å². The van der Waals surface area contributed by atoms with E-state index in [1.54, 1.807) is 0 Å². The molecule has 134 valence electrons. The van der Waals surface area contributed by atoms with Gasteiger partial charge in [-0.05, 0) is 64.2 Å². The molecule has 6 rings (SSSR count). The molecular weight excluding hydrogens is 358 g/mol. The lowest BCUT2D eigenvalue weighted by Crippen LogP contribution is -1.91. The molecule has 2 heterocycles. The minimum absolute atomic E-state index is 1.29. The Morgan fingerprint density at radius 3 is 2.18 bits per heavy atom. The Morgan fingerprint density at radius 2 is 1.39 bits per heavy atom. The van der Waals surface area contributed by atoms with Crippen LogP contribution in [0, 0.1) is 6.92 Å². The fourth-order valence-corrected chi connectivity index (χ4v) is 5.41. The molecule has 0 bridgehead atoms. The number of nitrogens with zero attached hydrogens (tertiary/aromatic N) is 1. The van der Waals surface area contributed by atoms with Crippen molar-refractivity contribution in [3.05, 3.63) is 83.7 Å². The molecule has 2 heteroatoms. The van der Waals surface area contributed by atoms with E-state index in [2.05, 4.69) is 97.4 Å². The summed E-state index contributed by atoms with van der Waals surface area (Å²) in [6.45, 7) is 2.17. The van der Waals surface area contributed by atoms with Crippen LogP contribution in [-0.2, 0) is 7.05 Å². The van der Waals surface area contributed by atoms with E-state index in [4.69, 9.17) is 0 Å². The molecule has 0 amide bonds. The Morgan fingerprint density at radius 1 is 0.643 bits per heavy atom. The quantitative estimate of drug-likeness (QED) is 0.205. The number of hydrogen-bond donors (Lipinski definition) is 0. The van der Waals surface area contributed by atoms with E-state index in [-0.39, 0.29) is 0 Å². The second kappa shape index (κ2) is 5.70. The van der Waals surface area contributed by atoms with Crippen LogP contribution < -0.4 is 0 Å². The number of aromatic nitrogens is 1. The number of rotatable bonds is 1. The first-order chi connectivity index (χ1) is 13.7. The summed E-state index contributed by atoms with van der Waals surface area (Å²) < 4.78 is 2.36. The van der Waals surface area contributed by atoms with Gasteiger partial charge in [-0.1, -0.05) is 48.5 Å². The largest absolute Gasteiger partial charge is 0.342 e. The van der Waals surface area contributed by atoms with Crippen molar-refractivity contribution in [1.29, 1.82) is 0 Å². The lowest BCUT2D eigenvalue weighted by molar-refractivity contribution is 0.985. The highest BCUT2D eigenvalue weighted by Gasteiger charge is 2.13. The van der Waals surface area contributed by atoms with Crippen molar-refractivity contribution in [2.45, 2.75) is 6.92 Å². The molecule has 0 saturated heterocycles. The molecule has 0 radical (unpaired) electrons. The Kier molecular flexibility index (Phi) is 3.24. The number of benzene rings is 4. The van der Waals surface area contributed by atoms with Crippen LogP contribution in [0.5, 0.6) is 0 Å². The molecule has 2 aromatic heterocycles. The molecular formula is C26H19NS. The normalized spacial score (nSPS) is 11.9. The lowest BCUT2D eigenvalue weighted by atomic mass is 9.97. The number of hydrogen-bond acceptors (Lipinski definition) is 1. The molecule has 0 aliphatic carbocycles. The molecule has 0 unspecified atom stereocenters. The monoisotopic (exact) mass is 377 g/mol. The first-order valence-electron chi connectivity index (χ1n) is 9.59. The van der Waals surface area contributed by atoms with Crippen LogP contribution in [0.15, 0.2) is 78.9 Å². The Bertz CT molecular complexity index is 1530. The second-order valence-corrected chi connectivity index (χ2v) is 8.87. The van der Waals surface area contributed by atoms with E-state index in [9.17, 15) is 0 Å². The Hall–Kier alpha value is -3.10. The first kappa shape index (κ1) is 15.9. The molecule has 0 aliphatic heterocycles. The van der Waals surface area contributed by atoms with Gasteiger partial charge in [0.15, 0.2) is 0 Å². The maximum Gasteiger partial charge on any atom is 0.0590 e. The van der Waals surface area contributed by atoms with Gasteiger partial charge in [0.25, 0.3) is 0 Å². The second-order valence-electron chi connectivity index (χ2n) is 7.58. The van der Waals surface area contributed by atoms with E-state index in [0.29, 0.717) is 0 Å². The fraction of sp³-hybridized carbons (Fsp3) is 0.0769. The molecule has 0 saturated carbocycles. The summed E-state index contributed by atoms with van der Waals surface area (Å²) in [6.07, 6.45) is 0. The third-order valence-corrected chi connectivity index (χ3v) is 6.89. The number of aryl methyl sites for hydroxylation is 2. The number of thiophene rings is 1. The zero-order valence-corrected chi connectivity index (χ0v) is 16.7. The van der Waals surface area contributed by atoms with Crippen LogP contribution in [0.25, 0.3) is 53.8 Å². The topological polar surface area (TPSA) is 4.93 Å². The molecule has 0 atom stereocenters. The summed E-state index contributed by atoms with van der Waals surface area (Å²) in [6, 6.07) is 29.1. The maximum absolute atomic E-state index is 2.36. The van der Waals surface area contributed by atoms with Gasteiger partial charge in [0, 0.05) is 22.7 Å². The SMILES string of the molecule is Cc1ccc(-c2cc3ccc4c5cc6ccccc6cc5ccc4c3n2C)s1. The minimum atomic E-state index is 1.29. The zero-order valence-electron chi connectivity index (χ0n) is 15.9. The summed E-state index contributed by atoms with van der Waals surface area (Å²) in [4.78, 5) is 2.68. The summed E-state index contributed by atoms with van der Waals surface area (Å²) >= 11 is 1.86. The van der Waals surface area contributed by atoms with Crippen LogP contribution in [0.2, 0.25) is 0 Å². The molecule has 4 aromatic carbocycles. The Labute approximate surface area is 167 Å². The fourth-order valence-electron chi connectivity index (χ4n) is 4.49. The van der Waals surface area contributed by atoms with E-state index >= 15 is 0 Å². The van der Waals surface area contributed by atoms with Gasteiger partial charge in [-0.25, -0.2) is 0 Å². The third-order valence-electron chi connectivity index (χ3n) is 5.87. The average molecular weight is 378 g/mol. The van der Waals surface area contributed by atoms with Crippen molar-refractivity contribution in [1.82, 2.24) is 4.57 Å². The molecule has 0 N–H and O–H groups in total. The Balaban J connectivity index is 1.72. The highest BCUT2D eigenvalue weighted by Crippen LogP contribution is 2.37. The van der Waals surface area contributed by atoms with E-state index in [1.165, 1.54) is 58.7 Å². The third kappa shape index (κ3) is 2.18. The molecule has 0 spiro atoms. The van der Waals surface area contributed by atoms with Gasteiger partial charge in [0.05, 0.1) is 16.1 Å². The van der Waals surface area contributed by atoms with Crippen molar-refractivity contribution in [3.63, 3.8) is 0 Å². The smallest absolute Gasteiger partial charge is 0.0590 e. The van der Waals surface area contributed by atoms with Crippen LogP contribution in [-0.4, -0.2) is 4.57 Å². The summed E-state index contributed by atoms with van der Waals surface area (Å²) in [5, 5.41) is 9.17. The van der Waals surface area contributed by atoms with Crippen molar-refractivity contribution in [3.8, 4) is 10.6 Å². The van der Waals surface area contributed by atoms with Crippen molar-refractivity contribution in [2.75, 3.05) is 0 Å². The summed E-state index contributed by atoms with van der Waals surface area (Å²) in [5.74, 6) is 0. The van der Waals surface area contributed by atoms with E-state index in [0.717, 1.165) is 0 Å². The van der Waals surface area contributed by atoms with Crippen molar-refractivity contribution < 1.29 is 0 Å². The molecule has 0 fully saturated rings. The standard InChI is InChI=1S/C26H19NS/c1-16-7-12-25(28-16)24-15-20-9-10-21-22(26(20)27(24)2)11-8-19-13-17-5-3-4-6-18(17)14-23(19)21/h3-15H,1-2H3. The van der Waals surface area contributed by atoms with Gasteiger partial charge in [0.1, 0.15) is 0 Å². The average Bonchev–Trinajstić information content (AvgIpc) is 3.29. The summed E-state index contributed by atoms with van der Waals surface area (Å²) in [5.41, 5.74) is 2.60. The summed E-state index contributed by atoms with van der Waals surface area (Å²) in [7, 11) is 2.19. The predicted octanol–water partition coefficient (Wildman–Crippen LogP) is 7.67. The van der Waals surface area contributed by atoms with Crippen LogP contribution >= 0.6 is 11.3 Å². The molecule has 0 aliphatic rings. The van der Waals surface area contributed by atoms with Gasteiger partial charge < -0.3 is 4.57 Å². The van der Waals surface area contributed by atoms with Crippen molar-refractivity contribution >= 4 is 54.6 Å². The van der Waals surface area contributed by atoms with Crippen LogP contribution in [0.3, 0.4) is 0 Å². The van der Waals surface area contributed by atoms with Gasteiger partial charge in [-0.15, -0.1) is 11.3 Å². The van der Waals surface area contributed by atoms with Crippen LogP contribution in [0.4, 0.5) is 0 Å². The van der Waals surface area contributed by atoms with Gasteiger partial charge in [0.2, 0.25) is 0 Å². The highest BCUT2D eigenvalue weighted by atomic mass is 32.1. The zero-order chi connectivity index (χ0) is 18.8. The highest BCUT2D eigenvalue weighted by molar-refractivity contribution is 7.15. The van der Waals surface area contributed by atoms with Gasteiger partial charge in [-0.3, -0.25) is 0 Å². The van der Waals surface area contributed by atoms with E-state index < -0.39 is 0 Å². The minimum Gasteiger partial charge on any atom is -0.342 e. The number of fused-ring (bicyclic) bond motifs is 6. The van der Waals surface area contributed by atoms with E-state index in [1.807, 2.05) is 11.3 Å². The first-order valence-corrected chi connectivity index (χ1v) is 10.4.